The van der Waals surface area contributed by atoms with Crippen LogP contribution in [0.15, 0.2) is 18.2 Å². The number of nitrogens with zero attached hydrogens (tertiary/aromatic N) is 1. The highest BCUT2D eigenvalue weighted by atomic mass is 16.6. The van der Waals surface area contributed by atoms with Crippen LogP contribution in [0.5, 0.6) is 0 Å². The summed E-state index contributed by atoms with van der Waals surface area (Å²) in [6.45, 7) is 0. The normalized spacial score (nSPS) is 9.73. The maximum atomic E-state index is 10.5. The first-order valence-corrected chi connectivity index (χ1v) is 3.81. The second kappa shape index (κ2) is 4.07. The van der Waals surface area contributed by atoms with Crippen LogP contribution in [0.4, 0.5) is 5.69 Å². The van der Waals surface area contributed by atoms with E-state index < -0.39 is 23.7 Å². The fourth-order valence-corrected chi connectivity index (χ4v) is 1.05. The number of aromatic carboxylic acids is 1. The molecule has 78 valence electrons. The van der Waals surface area contributed by atoms with Crippen LogP contribution >= 0.6 is 0 Å². The smallest absolute Gasteiger partial charge is 0.478 e. The molecule has 1 aromatic carbocycles. The predicted octanol–water partition coefficient (Wildman–Crippen LogP) is -1.03. The van der Waals surface area contributed by atoms with Crippen molar-refractivity contribution in [3.05, 3.63) is 33.9 Å². The highest BCUT2D eigenvalue weighted by Crippen LogP contribution is 2.11. The van der Waals surface area contributed by atoms with Crippen molar-refractivity contribution in [2.45, 2.75) is 0 Å². The van der Waals surface area contributed by atoms with Crippen molar-refractivity contribution in [1.29, 1.82) is 0 Å². The number of rotatable bonds is 3. The molecule has 0 aliphatic heterocycles. The summed E-state index contributed by atoms with van der Waals surface area (Å²) in [7, 11) is -2.01. The van der Waals surface area contributed by atoms with E-state index in [9.17, 15) is 14.9 Å². The van der Waals surface area contributed by atoms with E-state index in [4.69, 9.17) is 15.2 Å². The number of carboxylic acids is 1. The summed E-state index contributed by atoms with van der Waals surface area (Å²) in [5.41, 5.74) is -1.26. The maximum absolute atomic E-state index is 10.5. The standard InChI is InChI=1S/C7H6BNO6/c10-7(11)4-1-2-5(8(12)13)6(3-4)9(14)15/h1-3,12-13H,(H,10,11). The molecular formula is C7H6BNO6. The summed E-state index contributed by atoms with van der Waals surface area (Å²) in [4.78, 5) is 20.1. The monoisotopic (exact) mass is 211 g/mol. The molecule has 0 aliphatic carbocycles. The minimum atomic E-state index is -2.01. The third kappa shape index (κ3) is 2.30. The van der Waals surface area contributed by atoms with E-state index in [-0.39, 0.29) is 11.0 Å². The quantitative estimate of drug-likeness (QED) is 0.334. The SMILES string of the molecule is O=C(O)c1ccc(B(O)O)c([N+](=O)[O-])c1. The molecule has 0 saturated heterocycles. The zero-order valence-corrected chi connectivity index (χ0v) is 7.32. The topological polar surface area (TPSA) is 121 Å². The highest BCUT2D eigenvalue weighted by molar-refractivity contribution is 6.60. The zero-order chi connectivity index (χ0) is 11.6. The summed E-state index contributed by atoms with van der Waals surface area (Å²) >= 11 is 0. The fourth-order valence-electron chi connectivity index (χ4n) is 1.05. The number of carbonyl (C=O) groups is 1. The average Bonchev–Trinajstić information content (AvgIpc) is 2.16. The molecule has 3 N–H and O–H groups in total. The highest BCUT2D eigenvalue weighted by Gasteiger charge is 2.24. The van der Waals surface area contributed by atoms with Crippen molar-refractivity contribution in [3.63, 3.8) is 0 Å². The molecule has 0 heterocycles. The van der Waals surface area contributed by atoms with Gasteiger partial charge in [-0.15, -0.1) is 0 Å². The predicted molar refractivity (Wildman–Crippen MR) is 49.9 cm³/mol. The van der Waals surface area contributed by atoms with Gasteiger partial charge in [-0.1, -0.05) is 6.07 Å². The Balaban J connectivity index is 3.33. The van der Waals surface area contributed by atoms with E-state index in [0.717, 1.165) is 18.2 Å². The van der Waals surface area contributed by atoms with Crippen LogP contribution in [0.2, 0.25) is 0 Å². The van der Waals surface area contributed by atoms with Gasteiger partial charge in [0, 0.05) is 6.07 Å². The van der Waals surface area contributed by atoms with Crippen molar-refractivity contribution >= 4 is 24.2 Å². The maximum Gasteiger partial charge on any atom is 0.495 e. The molecule has 0 aliphatic rings. The molecular weight excluding hydrogens is 205 g/mol. The zero-order valence-electron chi connectivity index (χ0n) is 7.32. The second-order valence-corrected chi connectivity index (χ2v) is 2.71. The first-order valence-electron chi connectivity index (χ1n) is 3.81. The van der Waals surface area contributed by atoms with Crippen molar-refractivity contribution < 1.29 is 24.9 Å². The molecule has 1 rings (SSSR count). The first kappa shape index (κ1) is 11.2. The van der Waals surface area contributed by atoms with Crippen molar-refractivity contribution in [1.82, 2.24) is 0 Å². The number of nitro groups is 1. The van der Waals surface area contributed by atoms with Gasteiger partial charge < -0.3 is 15.2 Å². The molecule has 15 heavy (non-hydrogen) atoms. The Kier molecular flexibility index (Phi) is 3.03. The summed E-state index contributed by atoms with van der Waals surface area (Å²) < 4.78 is 0. The Labute approximate surface area is 83.9 Å². The number of carboxylic acid groups (broad SMARTS) is 1. The molecule has 0 radical (unpaired) electrons. The van der Waals surface area contributed by atoms with Gasteiger partial charge in [0.2, 0.25) is 0 Å². The van der Waals surface area contributed by atoms with Gasteiger partial charge in [-0.3, -0.25) is 10.1 Å². The minimum Gasteiger partial charge on any atom is -0.478 e. The van der Waals surface area contributed by atoms with Crippen LogP contribution in [-0.4, -0.2) is 33.2 Å². The summed E-state index contributed by atoms with van der Waals surface area (Å²) in [5.74, 6) is -1.32. The Hall–Kier alpha value is -1.93. The van der Waals surface area contributed by atoms with E-state index in [0.29, 0.717) is 0 Å². The van der Waals surface area contributed by atoms with Crippen LogP contribution in [0.1, 0.15) is 10.4 Å². The van der Waals surface area contributed by atoms with E-state index in [1.165, 1.54) is 0 Å². The Morgan fingerprint density at radius 2 is 2.00 bits per heavy atom. The van der Waals surface area contributed by atoms with Crippen molar-refractivity contribution in [3.8, 4) is 0 Å². The lowest BCUT2D eigenvalue weighted by atomic mass is 9.78. The van der Waals surface area contributed by atoms with Crippen LogP contribution < -0.4 is 5.46 Å². The van der Waals surface area contributed by atoms with E-state index in [1.807, 2.05) is 0 Å². The van der Waals surface area contributed by atoms with E-state index in [1.54, 1.807) is 0 Å². The minimum absolute atomic E-state index is 0.286. The van der Waals surface area contributed by atoms with Gasteiger partial charge in [0.1, 0.15) is 0 Å². The lowest BCUT2D eigenvalue weighted by Crippen LogP contribution is -2.32. The Morgan fingerprint density at radius 1 is 1.40 bits per heavy atom. The molecule has 0 atom stereocenters. The molecule has 0 amide bonds. The summed E-state index contributed by atoms with van der Waals surface area (Å²) in [6, 6.07) is 2.83. The van der Waals surface area contributed by atoms with E-state index in [2.05, 4.69) is 0 Å². The van der Waals surface area contributed by atoms with Crippen LogP contribution in [0.3, 0.4) is 0 Å². The van der Waals surface area contributed by atoms with Gasteiger partial charge in [-0.25, -0.2) is 4.79 Å². The number of benzene rings is 1. The lowest BCUT2D eigenvalue weighted by Gasteiger charge is -2.02. The summed E-state index contributed by atoms with van der Waals surface area (Å²) in [6.07, 6.45) is 0. The van der Waals surface area contributed by atoms with Gasteiger partial charge in [-0.05, 0) is 6.07 Å². The second-order valence-electron chi connectivity index (χ2n) is 2.71. The largest absolute Gasteiger partial charge is 0.495 e. The van der Waals surface area contributed by atoms with Crippen molar-refractivity contribution in [2.24, 2.45) is 0 Å². The lowest BCUT2D eigenvalue weighted by molar-refractivity contribution is -0.383. The van der Waals surface area contributed by atoms with Crippen LogP contribution in [0, 0.1) is 10.1 Å². The van der Waals surface area contributed by atoms with Gasteiger partial charge in [0.15, 0.2) is 0 Å². The Morgan fingerprint density at radius 3 is 2.40 bits per heavy atom. The van der Waals surface area contributed by atoms with Gasteiger partial charge in [-0.2, -0.15) is 0 Å². The van der Waals surface area contributed by atoms with Crippen molar-refractivity contribution in [2.75, 3.05) is 0 Å². The third-order valence-electron chi connectivity index (χ3n) is 1.75. The first-order chi connectivity index (χ1) is 6.93. The fraction of sp³-hybridized carbons (Fsp3) is 0. The molecule has 0 unspecified atom stereocenters. The van der Waals surface area contributed by atoms with Gasteiger partial charge in [0.25, 0.3) is 5.69 Å². The molecule has 0 bridgehead atoms. The van der Waals surface area contributed by atoms with Crippen LogP contribution in [-0.2, 0) is 0 Å². The number of hydrogen-bond acceptors (Lipinski definition) is 5. The molecule has 8 heteroatoms. The molecule has 0 aromatic heterocycles. The number of hydrogen-bond donors (Lipinski definition) is 3. The summed E-state index contributed by atoms with van der Waals surface area (Å²) in [5, 5.41) is 36.6. The average molecular weight is 211 g/mol. The third-order valence-corrected chi connectivity index (χ3v) is 1.75. The molecule has 0 spiro atoms. The van der Waals surface area contributed by atoms with E-state index >= 15 is 0 Å². The van der Waals surface area contributed by atoms with Crippen LogP contribution in [0.25, 0.3) is 0 Å². The number of nitro benzene ring substituents is 1. The molecule has 1 aromatic rings. The molecule has 0 fully saturated rings. The van der Waals surface area contributed by atoms with Gasteiger partial charge in [0.05, 0.1) is 15.9 Å². The molecule has 0 saturated carbocycles. The molecule has 7 nitrogen and oxygen atoms in total. The Bertz CT molecular complexity index is 418. The van der Waals surface area contributed by atoms with Gasteiger partial charge >= 0.3 is 13.1 Å².